The number of guanidine groups is 1. The van der Waals surface area contributed by atoms with Crippen LogP contribution in [0.25, 0.3) is 0 Å². The quantitative estimate of drug-likeness (QED) is 0.382. The van der Waals surface area contributed by atoms with Gasteiger partial charge in [0.1, 0.15) is 0 Å². The molecule has 0 spiro atoms. The van der Waals surface area contributed by atoms with Gasteiger partial charge >= 0.3 is 6.03 Å². The van der Waals surface area contributed by atoms with Gasteiger partial charge in [0.05, 0.1) is 0 Å². The Morgan fingerprint density at radius 1 is 1.21 bits per heavy atom. The lowest BCUT2D eigenvalue weighted by Crippen LogP contribution is -2.50. The minimum atomic E-state index is -0.352. The second-order valence-corrected chi connectivity index (χ2v) is 7.53. The number of nitrogens with two attached hydrogens (primary N) is 1. The van der Waals surface area contributed by atoms with Crippen molar-refractivity contribution >= 4 is 23.6 Å². The Kier molecular flexibility index (Phi) is 7.32. The van der Waals surface area contributed by atoms with Crippen LogP contribution in [0.3, 0.4) is 0 Å². The Morgan fingerprint density at radius 2 is 1.97 bits per heavy atom. The number of carbonyl (C=O) groups is 2. The largest absolute Gasteiger partial charge is 0.357 e. The summed E-state index contributed by atoms with van der Waals surface area (Å²) in [5.41, 5.74) is 7.64. The van der Waals surface area contributed by atoms with Gasteiger partial charge in [0.15, 0.2) is 5.96 Å². The maximum absolute atomic E-state index is 12.6. The summed E-state index contributed by atoms with van der Waals surface area (Å²) >= 11 is 0. The minimum Gasteiger partial charge on any atom is -0.357 e. The minimum absolute atomic E-state index is 0.168. The van der Waals surface area contributed by atoms with E-state index in [0.29, 0.717) is 32.5 Å². The van der Waals surface area contributed by atoms with E-state index in [1.54, 1.807) is 4.90 Å². The molecule has 0 saturated carbocycles. The van der Waals surface area contributed by atoms with Gasteiger partial charge in [0.2, 0.25) is 5.91 Å². The Morgan fingerprint density at radius 3 is 2.69 bits per heavy atom. The van der Waals surface area contributed by atoms with Gasteiger partial charge in [0.25, 0.3) is 0 Å². The highest BCUT2D eigenvalue weighted by Crippen LogP contribution is 2.28. The van der Waals surface area contributed by atoms with Gasteiger partial charge in [-0.3, -0.25) is 9.79 Å². The summed E-state index contributed by atoms with van der Waals surface area (Å²) in [5.74, 6) is 0.936. The highest BCUT2D eigenvalue weighted by molar-refractivity contribution is 5.95. The van der Waals surface area contributed by atoms with E-state index in [9.17, 15) is 9.59 Å². The van der Waals surface area contributed by atoms with Crippen molar-refractivity contribution in [1.82, 2.24) is 15.5 Å². The molecule has 2 aliphatic heterocycles. The maximum Gasteiger partial charge on any atom is 0.314 e. The summed E-state index contributed by atoms with van der Waals surface area (Å²) in [6, 6.07) is 8.04. The third-order valence-electron chi connectivity index (χ3n) is 5.50. The first-order valence-corrected chi connectivity index (χ1v) is 10.6. The van der Waals surface area contributed by atoms with Crippen LogP contribution in [0.4, 0.5) is 10.5 Å². The summed E-state index contributed by atoms with van der Waals surface area (Å²) in [6.45, 7) is 5.50. The standard InChI is InChI=1S/C21H32N6O2/c1-2-23-21(25-17-10-13-26(14-11-17)20(22)29)24-12-5-8-19(28)27-15-9-16-6-3-4-7-18(16)27/h3-4,6-7,17H,2,5,8-15H2,1H3,(H2,22,29)(H2,23,24,25). The van der Waals surface area contributed by atoms with Crippen molar-refractivity contribution in [2.45, 2.75) is 45.1 Å². The topological polar surface area (TPSA) is 103 Å². The highest BCUT2D eigenvalue weighted by atomic mass is 16.2. The van der Waals surface area contributed by atoms with E-state index in [4.69, 9.17) is 5.73 Å². The molecule has 1 fully saturated rings. The first kappa shape index (κ1) is 21.0. The molecule has 0 bridgehead atoms. The number of hydrogen-bond acceptors (Lipinski definition) is 3. The molecule has 4 N–H and O–H groups in total. The first-order chi connectivity index (χ1) is 14.1. The molecule has 0 unspecified atom stereocenters. The number of primary amides is 1. The van der Waals surface area contributed by atoms with Crippen molar-refractivity contribution < 1.29 is 9.59 Å². The number of piperidine rings is 1. The number of nitrogens with zero attached hydrogens (tertiary/aromatic N) is 3. The number of aliphatic imine (C=N–C) groups is 1. The van der Waals surface area contributed by atoms with E-state index in [0.717, 1.165) is 44.0 Å². The number of carbonyl (C=O) groups excluding carboxylic acids is 2. The van der Waals surface area contributed by atoms with Crippen molar-refractivity contribution in [3.8, 4) is 0 Å². The van der Waals surface area contributed by atoms with E-state index in [2.05, 4.69) is 21.7 Å². The van der Waals surface area contributed by atoms with E-state index in [-0.39, 0.29) is 18.0 Å². The third-order valence-corrected chi connectivity index (χ3v) is 5.50. The van der Waals surface area contributed by atoms with Gasteiger partial charge < -0.3 is 26.2 Å². The lowest BCUT2D eigenvalue weighted by atomic mass is 10.1. The monoisotopic (exact) mass is 400 g/mol. The molecule has 0 radical (unpaired) electrons. The molecular formula is C21H32N6O2. The molecule has 0 aliphatic carbocycles. The molecular weight excluding hydrogens is 368 g/mol. The van der Waals surface area contributed by atoms with E-state index < -0.39 is 0 Å². The van der Waals surface area contributed by atoms with E-state index in [1.807, 2.05) is 30.0 Å². The molecule has 3 amide bonds. The maximum atomic E-state index is 12.6. The molecule has 29 heavy (non-hydrogen) atoms. The van der Waals surface area contributed by atoms with Crippen molar-refractivity contribution in [2.75, 3.05) is 37.6 Å². The molecule has 1 aromatic rings. The van der Waals surface area contributed by atoms with Gasteiger partial charge in [-0.2, -0.15) is 0 Å². The average molecular weight is 401 g/mol. The fourth-order valence-electron chi connectivity index (χ4n) is 3.91. The van der Waals surface area contributed by atoms with Crippen molar-refractivity contribution in [3.05, 3.63) is 29.8 Å². The molecule has 1 aromatic carbocycles. The zero-order valence-electron chi connectivity index (χ0n) is 17.2. The second-order valence-electron chi connectivity index (χ2n) is 7.53. The number of nitrogens with one attached hydrogen (secondary N) is 2. The van der Waals surface area contributed by atoms with Crippen molar-refractivity contribution in [1.29, 1.82) is 0 Å². The zero-order valence-corrected chi connectivity index (χ0v) is 17.2. The average Bonchev–Trinajstić information content (AvgIpc) is 3.16. The number of likely N-dealkylation sites (tertiary alicyclic amines) is 1. The third kappa shape index (κ3) is 5.62. The molecule has 0 atom stereocenters. The molecule has 0 aromatic heterocycles. The van der Waals surface area contributed by atoms with Gasteiger partial charge in [-0.15, -0.1) is 0 Å². The summed E-state index contributed by atoms with van der Waals surface area (Å²) in [6.07, 6.45) is 3.84. The smallest absolute Gasteiger partial charge is 0.314 e. The number of amides is 3. The summed E-state index contributed by atoms with van der Waals surface area (Å²) in [7, 11) is 0. The predicted molar refractivity (Wildman–Crippen MR) is 115 cm³/mol. The molecule has 8 heteroatoms. The van der Waals surface area contributed by atoms with Gasteiger partial charge in [-0.1, -0.05) is 18.2 Å². The van der Waals surface area contributed by atoms with Crippen LogP contribution in [0, 0.1) is 0 Å². The van der Waals surface area contributed by atoms with Gasteiger partial charge in [-0.05, 0) is 44.2 Å². The number of hydrogen-bond donors (Lipinski definition) is 3. The Balaban J connectivity index is 1.44. The lowest BCUT2D eigenvalue weighted by molar-refractivity contribution is -0.118. The van der Waals surface area contributed by atoms with Gasteiger partial charge in [0, 0.05) is 50.9 Å². The van der Waals surface area contributed by atoms with Crippen LogP contribution in [0.15, 0.2) is 29.3 Å². The SMILES string of the molecule is CCNC(=NCCCC(=O)N1CCc2ccccc21)NC1CCN(C(N)=O)CC1. The molecule has 3 rings (SSSR count). The number of urea groups is 1. The number of para-hydroxylation sites is 1. The van der Waals surface area contributed by atoms with E-state index in [1.165, 1.54) is 5.56 Å². The molecule has 2 heterocycles. The Hall–Kier alpha value is -2.77. The second kappa shape index (κ2) is 10.1. The highest BCUT2D eigenvalue weighted by Gasteiger charge is 2.24. The van der Waals surface area contributed by atoms with Crippen molar-refractivity contribution in [2.24, 2.45) is 10.7 Å². The number of benzene rings is 1. The van der Waals surface area contributed by atoms with Crippen LogP contribution in [0.2, 0.25) is 0 Å². The number of fused-ring (bicyclic) bond motifs is 1. The molecule has 158 valence electrons. The summed E-state index contributed by atoms with van der Waals surface area (Å²) in [4.78, 5) is 32.0. The Bertz CT molecular complexity index is 742. The van der Waals surface area contributed by atoms with Crippen molar-refractivity contribution in [3.63, 3.8) is 0 Å². The first-order valence-electron chi connectivity index (χ1n) is 10.6. The summed E-state index contributed by atoms with van der Waals surface area (Å²) < 4.78 is 0. The van der Waals surface area contributed by atoms with Gasteiger partial charge in [-0.25, -0.2) is 4.79 Å². The van der Waals surface area contributed by atoms with E-state index >= 15 is 0 Å². The van der Waals surface area contributed by atoms with Crippen LogP contribution in [-0.4, -0.2) is 61.6 Å². The lowest BCUT2D eigenvalue weighted by Gasteiger charge is -2.32. The molecule has 1 saturated heterocycles. The normalized spacial score (nSPS) is 17.2. The molecule has 2 aliphatic rings. The van der Waals surface area contributed by atoms with Crippen LogP contribution < -0.4 is 21.3 Å². The van der Waals surface area contributed by atoms with Crippen LogP contribution in [0.5, 0.6) is 0 Å². The number of anilines is 1. The number of rotatable bonds is 6. The van der Waals surface area contributed by atoms with Crippen LogP contribution in [0.1, 0.15) is 38.2 Å². The summed E-state index contributed by atoms with van der Waals surface area (Å²) in [5, 5.41) is 6.70. The fourth-order valence-corrected chi connectivity index (χ4v) is 3.91. The zero-order chi connectivity index (χ0) is 20.6. The van der Waals surface area contributed by atoms with Crippen LogP contribution >= 0.6 is 0 Å². The molecule has 8 nitrogen and oxygen atoms in total. The fraction of sp³-hybridized carbons (Fsp3) is 0.571. The Labute approximate surface area is 172 Å². The predicted octanol–water partition coefficient (Wildman–Crippen LogP) is 1.45. The van der Waals surface area contributed by atoms with Crippen LogP contribution in [-0.2, 0) is 11.2 Å².